The Kier molecular flexibility index (Phi) is 5.61. The summed E-state index contributed by atoms with van der Waals surface area (Å²) in [6.07, 6.45) is 3.89. The van der Waals surface area contributed by atoms with Gasteiger partial charge in [-0.2, -0.15) is 0 Å². The molecule has 0 aliphatic carbocycles. The van der Waals surface area contributed by atoms with Crippen LogP contribution in [0.25, 0.3) is 10.2 Å². The van der Waals surface area contributed by atoms with E-state index in [2.05, 4.69) is 27.1 Å². The maximum atomic E-state index is 13.1. The number of benzene rings is 1. The third kappa shape index (κ3) is 3.89. The first-order chi connectivity index (χ1) is 14.0. The van der Waals surface area contributed by atoms with Gasteiger partial charge in [-0.25, -0.2) is 9.97 Å². The summed E-state index contributed by atoms with van der Waals surface area (Å²) < 4.78 is 5.33. The van der Waals surface area contributed by atoms with Crippen molar-refractivity contribution in [3.63, 3.8) is 0 Å². The molecule has 8 heteroatoms. The lowest BCUT2D eigenvalue weighted by molar-refractivity contribution is 0.102. The van der Waals surface area contributed by atoms with Crippen LogP contribution < -0.4 is 15.0 Å². The summed E-state index contributed by atoms with van der Waals surface area (Å²) in [5, 5.41) is 4.42. The molecule has 0 unspecified atom stereocenters. The number of hydrogen-bond donors (Lipinski definition) is 1. The van der Waals surface area contributed by atoms with Gasteiger partial charge in [-0.05, 0) is 49.4 Å². The third-order valence-corrected chi connectivity index (χ3v) is 6.84. The number of carbonyl (C=O) groups excluding carboxylic acids is 1. The zero-order valence-corrected chi connectivity index (χ0v) is 18.2. The molecule has 0 bridgehead atoms. The smallest absolute Gasteiger partial charge is 0.266 e. The highest BCUT2D eigenvalue weighted by Gasteiger charge is 2.24. The molecule has 152 valence electrons. The van der Waals surface area contributed by atoms with Crippen LogP contribution in [0.1, 0.15) is 35.0 Å². The Morgan fingerprint density at radius 1 is 1.31 bits per heavy atom. The molecule has 0 radical (unpaired) electrons. The number of ether oxygens (including phenoxy) is 1. The molecule has 3 aromatic rings. The Bertz CT molecular complexity index is 1060. The summed E-state index contributed by atoms with van der Waals surface area (Å²) in [7, 11) is 1.56. The summed E-state index contributed by atoms with van der Waals surface area (Å²) in [6, 6.07) is 5.14. The number of carbonyl (C=O) groups is 1. The largest absolute Gasteiger partial charge is 0.495 e. The highest BCUT2D eigenvalue weighted by molar-refractivity contribution is 7.20. The molecule has 1 amide bonds. The second-order valence-corrected chi connectivity index (χ2v) is 8.84. The normalized spacial score (nSPS) is 15.0. The summed E-state index contributed by atoms with van der Waals surface area (Å²) >= 11 is 7.47. The van der Waals surface area contributed by atoms with E-state index in [0.29, 0.717) is 21.3 Å². The van der Waals surface area contributed by atoms with Gasteiger partial charge in [-0.15, -0.1) is 11.3 Å². The SMILES string of the molecule is COc1ccc(Cl)cc1NC(=O)c1sc2ncnc(N3CCC(C)CC3)c2c1C. The second kappa shape index (κ2) is 8.16. The van der Waals surface area contributed by atoms with Gasteiger partial charge in [0.1, 0.15) is 22.7 Å². The molecule has 4 rings (SSSR count). The molecule has 0 spiro atoms. The van der Waals surface area contributed by atoms with E-state index in [1.165, 1.54) is 11.3 Å². The van der Waals surface area contributed by atoms with Gasteiger partial charge in [0.25, 0.3) is 5.91 Å². The molecular formula is C21H23ClN4O2S. The van der Waals surface area contributed by atoms with Crippen molar-refractivity contribution in [2.45, 2.75) is 26.7 Å². The van der Waals surface area contributed by atoms with Crippen molar-refractivity contribution in [3.8, 4) is 5.75 Å². The summed E-state index contributed by atoms with van der Waals surface area (Å²) in [4.78, 5) is 25.8. The number of thiophene rings is 1. The van der Waals surface area contributed by atoms with Gasteiger partial charge in [0.15, 0.2) is 0 Å². The van der Waals surface area contributed by atoms with E-state index in [-0.39, 0.29) is 5.91 Å². The van der Waals surface area contributed by atoms with Crippen LogP contribution in [0.2, 0.25) is 5.02 Å². The summed E-state index contributed by atoms with van der Waals surface area (Å²) in [5.74, 6) is 2.02. The predicted molar refractivity (Wildman–Crippen MR) is 119 cm³/mol. The zero-order valence-electron chi connectivity index (χ0n) is 16.7. The Morgan fingerprint density at radius 3 is 2.79 bits per heavy atom. The number of methoxy groups -OCH3 is 1. The maximum absolute atomic E-state index is 13.1. The van der Waals surface area contributed by atoms with Crippen molar-refractivity contribution in [2.24, 2.45) is 5.92 Å². The number of nitrogens with one attached hydrogen (secondary N) is 1. The standard InChI is InChI=1S/C21H23ClN4O2S/c1-12-6-8-26(9-7-12)19-17-13(2)18(29-21(17)24-11-23-19)20(27)25-15-10-14(22)4-5-16(15)28-3/h4-5,10-12H,6-9H2,1-3H3,(H,25,27). The number of hydrogen-bond acceptors (Lipinski definition) is 6. The minimum absolute atomic E-state index is 0.204. The molecule has 1 saturated heterocycles. The highest BCUT2D eigenvalue weighted by Crippen LogP contribution is 2.37. The molecule has 1 aromatic carbocycles. The van der Waals surface area contributed by atoms with Crippen LogP contribution in [-0.2, 0) is 0 Å². The molecule has 1 fully saturated rings. The van der Waals surface area contributed by atoms with Crippen LogP contribution in [0.15, 0.2) is 24.5 Å². The zero-order chi connectivity index (χ0) is 20.5. The fourth-order valence-electron chi connectivity index (χ4n) is 3.69. The molecule has 1 N–H and O–H groups in total. The van der Waals surface area contributed by atoms with Gasteiger partial charge in [0.2, 0.25) is 0 Å². The Morgan fingerprint density at radius 2 is 2.07 bits per heavy atom. The van der Waals surface area contributed by atoms with Gasteiger partial charge < -0.3 is 15.0 Å². The van der Waals surface area contributed by atoms with Gasteiger partial charge in [-0.1, -0.05) is 18.5 Å². The Hall–Kier alpha value is -2.38. The Balaban J connectivity index is 1.68. The van der Waals surface area contributed by atoms with Crippen LogP contribution in [0, 0.1) is 12.8 Å². The van der Waals surface area contributed by atoms with Gasteiger partial charge in [0, 0.05) is 18.1 Å². The average molecular weight is 431 g/mol. The van der Waals surface area contributed by atoms with E-state index in [1.54, 1.807) is 31.6 Å². The van der Waals surface area contributed by atoms with Crippen molar-refractivity contribution < 1.29 is 9.53 Å². The Labute approximate surface area is 178 Å². The number of anilines is 2. The first-order valence-corrected chi connectivity index (χ1v) is 10.8. The first-order valence-electron chi connectivity index (χ1n) is 9.62. The molecule has 29 heavy (non-hydrogen) atoms. The van der Waals surface area contributed by atoms with E-state index >= 15 is 0 Å². The van der Waals surface area contributed by atoms with Crippen molar-refractivity contribution in [2.75, 3.05) is 30.4 Å². The molecule has 2 aromatic heterocycles. The van der Waals surface area contributed by atoms with Crippen LogP contribution in [0.3, 0.4) is 0 Å². The number of halogens is 1. The number of aromatic nitrogens is 2. The van der Waals surface area contributed by atoms with Crippen LogP contribution in [-0.4, -0.2) is 36.1 Å². The van der Waals surface area contributed by atoms with Crippen molar-refractivity contribution in [1.82, 2.24) is 9.97 Å². The van der Waals surface area contributed by atoms with E-state index in [1.807, 2.05) is 6.92 Å². The molecule has 0 atom stereocenters. The molecule has 1 aliphatic rings. The van der Waals surface area contributed by atoms with E-state index in [0.717, 1.165) is 53.4 Å². The van der Waals surface area contributed by atoms with Crippen LogP contribution >= 0.6 is 22.9 Å². The number of piperidine rings is 1. The summed E-state index contributed by atoms with van der Waals surface area (Å²) in [6.45, 7) is 6.20. The van der Waals surface area contributed by atoms with Crippen LogP contribution in [0.4, 0.5) is 11.5 Å². The molecule has 6 nitrogen and oxygen atoms in total. The van der Waals surface area contributed by atoms with Gasteiger partial charge in [0.05, 0.1) is 23.1 Å². The van der Waals surface area contributed by atoms with Gasteiger partial charge >= 0.3 is 0 Å². The number of nitrogens with zero attached hydrogens (tertiary/aromatic N) is 3. The molecular weight excluding hydrogens is 408 g/mol. The lowest BCUT2D eigenvalue weighted by Gasteiger charge is -2.31. The predicted octanol–water partition coefficient (Wildman–Crippen LogP) is 5.15. The fourth-order valence-corrected chi connectivity index (χ4v) is 4.90. The molecule has 3 heterocycles. The highest BCUT2D eigenvalue weighted by atomic mass is 35.5. The number of aryl methyl sites for hydroxylation is 1. The van der Waals surface area contributed by atoms with Crippen molar-refractivity contribution in [3.05, 3.63) is 40.0 Å². The molecule has 1 aliphatic heterocycles. The van der Waals surface area contributed by atoms with Crippen molar-refractivity contribution >= 4 is 50.6 Å². The number of fused-ring (bicyclic) bond motifs is 1. The summed E-state index contributed by atoms with van der Waals surface area (Å²) in [5.41, 5.74) is 1.44. The van der Waals surface area contributed by atoms with Crippen molar-refractivity contribution in [1.29, 1.82) is 0 Å². The lowest BCUT2D eigenvalue weighted by Crippen LogP contribution is -2.33. The van der Waals surface area contributed by atoms with Gasteiger partial charge in [-0.3, -0.25) is 4.79 Å². The number of amides is 1. The minimum Gasteiger partial charge on any atom is -0.495 e. The number of rotatable bonds is 4. The van der Waals surface area contributed by atoms with E-state index in [9.17, 15) is 4.79 Å². The quantitative estimate of drug-likeness (QED) is 0.619. The monoisotopic (exact) mass is 430 g/mol. The lowest BCUT2D eigenvalue weighted by atomic mass is 9.99. The second-order valence-electron chi connectivity index (χ2n) is 7.40. The third-order valence-electron chi connectivity index (χ3n) is 5.41. The fraction of sp³-hybridized carbons (Fsp3) is 0.381. The maximum Gasteiger partial charge on any atom is 0.266 e. The first kappa shape index (κ1) is 19.9. The van der Waals surface area contributed by atoms with E-state index < -0.39 is 0 Å². The average Bonchev–Trinajstić information content (AvgIpc) is 3.06. The topological polar surface area (TPSA) is 67.3 Å². The molecule has 0 saturated carbocycles. The van der Waals surface area contributed by atoms with Crippen LogP contribution in [0.5, 0.6) is 5.75 Å². The van der Waals surface area contributed by atoms with E-state index in [4.69, 9.17) is 16.3 Å². The minimum atomic E-state index is -0.204.